The van der Waals surface area contributed by atoms with Gasteiger partial charge in [0.1, 0.15) is 0 Å². The largest absolute Gasteiger partial charge is 0.313 e. The predicted molar refractivity (Wildman–Crippen MR) is 88.8 cm³/mol. The Morgan fingerprint density at radius 2 is 1.81 bits per heavy atom. The molecule has 2 N–H and O–H groups in total. The highest BCUT2D eigenvalue weighted by Crippen LogP contribution is 2.19. The van der Waals surface area contributed by atoms with E-state index < -0.39 is 10.0 Å². The predicted octanol–water partition coefficient (Wildman–Crippen LogP) is 3.36. The first kappa shape index (κ1) is 16.0. The molecule has 0 aliphatic carbocycles. The van der Waals surface area contributed by atoms with Crippen molar-refractivity contribution < 1.29 is 8.42 Å². The molecular weight excluding hydrogens is 352 g/mol. The fourth-order valence-electron chi connectivity index (χ4n) is 1.84. The number of nitrogens with one attached hydrogen (secondary N) is 2. The van der Waals surface area contributed by atoms with E-state index in [1.807, 2.05) is 25.1 Å². The number of hydrogen-bond acceptors (Lipinski definition) is 3. The number of hydrogen-bond donors (Lipinski definition) is 2. The van der Waals surface area contributed by atoms with E-state index in [1.165, 1.54) is 0 Å². The smallest absolute Gasteiger partial charge is 0.261 e. The van der Waals surface area contributed by atoms with E-state index in [4.69, 9.17) is 0 Å². The molecule has 21 heavy (non-hydrogen) atoms. The van der Waals surface area contributed by atoms with E-state index in [9.17, 15) is 8.42 Å². The third-order valence-electron chi connectivity index (χ3n) is 2.88. The van der Waals surface area contributed by atoms with Gasteiger partial charge in [-0.2, -0.15) is 0 Å². The second-order valence-corrected chi connectivity index (χ2v) is 7.14. The zero-order chi connectivity index (χ0) is 15.3. The fourth-order valence-corrected chi connectivity index (χ4v) is 3.16. The molecule has 0 spiro atoms. The Morgan fingerprint density at radius 1 is 1.10 bits per heavy atom. The molecule has 0 saturated carbocycles. The first-order valence-electron chi connectivity index (χ1n) is 6.59. The van der Waals surface area contributed by atoms with Crippen molar-refractivity contribution in [3.8, 4) is 0 Å². The number of sulfonamides is 1. The van der Waals surface area contributed by atoms with Crippen LogP contribution in [0.3, 0.4) is 0 Å². The van der Waals surface area contributed by atoms with Gasteiger partial charge in [0.15, 0.2) is 0 Å². The molecule has 2 rings (SSSR count). The van der Waals surface area contributed by atoms with E-state index in [1.54, 1.807) is 30.3 Å². The first-order chi connectivity index (χ1) is 10.0. The Kier molecular flexibility index (Phi) is 5.39. The molecule has 0 radical (unpaired) electrons. The summed E-state index contributed by atoms with van der Waals surface area (Å²) in [7, 11) is -3.56. The maximum absolute atomic E-state index is 12.3. The minimum absolute atomic E-state index is 0.239. The Hall–Kier alpha value is -1.37. The minimum atomic E-state index is -3.56. The average Bonchev–Trinajstić information content (AvgIpc) is 2.45. The van der Waals surface area contributed by atoms with E-state index >= 15 is 0 Å². The molecule has 4 nitrogen and oxygen atoms in total. The van der Waals surface area contributed by atoms with Crippen molar-refractivity contribution in [1.82, 2.24) is 5.32 Å². The zero-order valence-electron chi connectivity index (χ0n) is 11.6. The average molecular weight is 369 g/mol. The summed E-state index contributed by atoms with van der Waals surface area (Å²) in [6.07, 6.45) is 0. The molecule has 0 atom stereocenters. The summed E-state index contributed by atoms with van der Waals surface area (Å²) in [4.78, 5) is 0.239. The lowest BCUT2D eigenvalue weighted by atomic mass is 10.2. The summed E-state index contributed by atoms with van der Waals surface area (Å²) in [5.41, 5.74) is 1.60. The van der Waals surface area contributed by atoms with Crippen LogP contribution in [0.15, 0.2) is 57.9 Å². The molecule has 0 aliphatic heterocycles. The monoisotopic (exact) mass is 368 g/mol. The molecule has 0 aromatic heterocycles. The topological polar surface area (TPSA) is 58.2 Å². The molecule has 0 bridgehead atoms. The number of rotatable bonds is 6. The quantitative estimate of drug-likeness (QED) is 0.821. The van der Waals surface area contributed by atoms with Gasteiger partial charge in [-0.05, 0) is 48.5 Å². The highest BCUT2D eigenvalue weighted by Gasteiger charge is 2.13. The second kappa shape index (κ2) is 7.06. The minimum Gasteiger partial charge on any atom is -0.313 e. The molecule has 0 saturated heterocycles. The standard InChI is InChI=1S/C15H17BrN2O2S/c1-2-17-11-12-4-3-5-14(10-12)18-21(19,20)15-8-6-13(16)7-9-15/h3-10,17-18H,2,11H2,1H3. The van der Waals surface area contributed by atoms with Crippen molar-refractivity contribution in [2.24, 2.45) is 0 Å². The Bertz CT molecular complexity index is 700. The Balaban J connectivity index is 2.18. The van der Waals surface area contributed by atoms with Gasteiger partial charge in [-0.3, -0.25) is 4.72 Å². The Morgan fingerprint density at radius 3 is 2.48 bits per heavy atom. The van der Waals surface area contributed by atoms with Crippen molar-refractivity contribution in [1.29, 1.82) is 0 Å². The van der Waals surface area contributed by atoms with Gasteiger partial charge < -0.3 is 5.32 Å². The van der Waals surface area contributed by atoms with Crippen LogP contribution in [0.2, 0.25) is 0 Å². The molecule has 6 heteroatoms. The van der Waals surface area contributed by atoms with Gasteiger partial charge in [-0.25, -0.2) is 8.42 Å². The van der Waals surface area contributed by atoms with E-state index in [-0.39, 0.29) is 4.90 Å². The van der Waals surface area contributed by atoms with Gasteiger partial charge in [0, 0.05) is 16.7 Å². The maximum Gasteiger partial charge on any atom is 0.261 e. The molecule has 0 amide bonds. The lowest BCUT2D eigenvalue weighted by molar-refractivity contribution is 0.601. The molecule has 112 valence electrons. The molecule has 2 aromatic carbocycles. The summed E-state index contributed by atoms with van der Waals surface area (Å²) < 4.78 is 28.0. The fraction of sp³-hybridized carbons (Fsp3) is 0.200. The molecule has 0 heterocycles. The SMILES string of the molecule is CCNCc1cccc(NS(=O)(=O)c2ccc(Br)cc2)c1. The maximum atomic E-state index is 12.3. The molecular formula is C15H17BrN2O2S. The third kappa shape index (κ3) is 4.56. The summed E-state index contributed by atoms with van der Waals surface area (Å²) in [6.45, 7) is 3.61. The molecule has 2 aromatic rings. The van der Waals surface area contributed by atoms with Gasteiger partial charge in [0.05, 0.1) is 4.90 Å². The summed E-state index contributed by atoms with van der Waals surface area (Å²) in [5.74, 6) is 0. The van der Waals surface area contributed by atoms with E-state index in [0.717, 1.165) is 16.6 Å². The first-order valence-corrected chi connectivity index (χ1v) is 8.87. The lowest BCUT2D eigenvalue weighted by Gasteiger charge is -2.10. The van der Waals surface area contributed by atoms with Crippen LogP contribution in [0.1, 0.15) is 12.5 Å². The normalized spacial score (nSPS) is 11.3. The van der Waals surface area contributed by atoms with Crippen LogP contribution in [-0.4, -0.2) is 15.0 Å². The molecule has 0 unspecified atom stereocenters. The van der Waals surface area contributed by atoms with Gasteiger partial charge in [0.25, 0.3) is 10.0 Å². The molecule has 0 aliphatic rings. The van der Waals surface area contributed by atoms with Crippen LogP contribution >= 0.6 is 15.9 Å². The van der Waals surface area contributed by atoms with Crippen LogP contribution in [0.4, 0.5) is 5.69 Å². The Labute approximate surface area is 133 Å². The number of halogens is 1. The van der Waals surface area contributed by atoms with Crippen LogP contribution in [0.25, 0.3) is 0 Å². The van der Waals surface area contributed by atoms with Gasteiger partial charge >= 0.3 is 0 Å². The van der Waals surface area contributed by atoms with Crippen LogP contribution in [-0.2, 0) is 16.6 Å². The summed E-state index contributed by atoms with van der Waals surface area (Å²) >= 11 is 3.29. The highest BCUT2D eigenvalue weighted by atomic mass is 79.9. The van der Waals surface area contributed by atoms with Crippen molar-refractivity contribution in [2.45, 2.75) is 18.4 Å². The van der Waals surface area contributed by atoms with Crippen LogP contribution < -0.4 is 10.0 Å². The van der Waals surface area contributed by atoms with E-state index in [2.05, 4.69) is 26.0 Å². The number of benzene rings is 2. The van der Waals surface area contributed by atoms with Crippen LogP contribution in [0.5, 0.6) is 0 Å². The lowest BCUT2D eigenvalue weighted by Crippen LogP contribution is -2.14. The van der Waals surface area contributed by atoms with Gasteiger partial charge in [-0.1, -0.05) is 35.0 Å². The second-order valence-electron chi connectivity index (χ2n) is 4.54. The van der Waals surface area contributed by atoms with Crippen molar-refractivity contribution in [3.05, 3.63) is 58.6 Å². The van der Waals surface area contributed by atoms with Gasteiger partial charge in [0.2, 0.25) is 0 Å². The van der Waals surface area contributed by atoms with Gasteiger partial charge in [-0.15, -0.1) is 0 Å². The van der Waals surface area contributed by atoms with Crippen LogP contribution in [0, 0.1) is 0 Å². The van der Waals surface area contributed by atoms with Crippen molar-refractivity contribution >= 4 is 31.6 Å². The third-order valence-corrected chi connectivity index (χ3v) is 4.81. The van der Waals surface area contributed by atoms with Crippen molar-refractivity contribution in [3.63, 3.8) is 0 Å². The zero-order valence-corrected chi connectivity index (χ0v) is 14.0. The number of anilines is 1. The summed E-state index contributed by atoms with van der Waals surface area (Å²) in [6, 6.07) is 13.9. The molecule has 0 fully saturated rings. The van der Waals surface area contributed by atoms with E-state index in [0.29, 0.717) is 12.2 Å². The van der Waals surface area contributed by atoms with Crippen molar-refractivity contribution in [2.75, 3.05) is 11.3 Å². The highest BCUT2D eigenvalue weighted by molar-refractivity contribution is 9.10. The summed E-state index contributed by atoms with van der Waals surface area (Å²) in [5, 5.41) is 3.21.